The molecule has 0 N–H and O–H groups in total. The molecule has 1 aromatic heterocycles. The third-order valence-corrected chi connectivity index (χ3v) is 2.37. The molecule has 4 nitrogen and oxygen atoms in total. The van der Waals surface area contributed by atoms with E-state index in [1.54, 1.807) is 6.33 Å². The second-order valence-corrected chi connectivity index (χ2v) is 4.40. The standard InChI is InChI=1S/C13H17N3O/c1-11(2)8-16-10-14-15-13(16)9-17-12-6-4-3-5-7-12/h3-7,10-11H,8-9H2,1-2H3. The minimum absolute atomic E-state index is 0.455. The van der Waals surface area contributed by atoms with Crippen LogP contribution in [0, 0.1) is 5.92 Å². The SMILES string of the molecule is CC(C)Cn1cnnc1COc1ccccc1. The van der Waals surface area contributed by atoms with Gasteiger partial charge in [0.05, 0.1) is 0 Å². The average molecular weight is 231 g/mol. The molecule has 0 amide bonds. The maximum Gasteiger partial charge on any atom is 0.170 e. The molecule has 1 aromatic carbocycles. The molecule has 0 radical (unpaired) electrons. The van der Waals surface area contributed by atoms with Crippen LogP contribution in [0.4, 0.5) is 0 Å². The van der Waals surface area contributed by atoms with E-state index in [0.29, 0.717) is 12.5 Å². The second-order valence-electron chi connectivity index (χ2n) is 4.40. The van der Waals surface area contributed by atoms with E-state index >= 15 is 0 Å². The van der Waals surface area contributed by atoms with Crippen molar-refractivity contribution < 1.29 is 4.74 Å². The minimum Gasteiger partial charge on any atom is -0.486 e. The fourth-order valence-electron chi connectivity index (χ4n) is 1.60. The van der Waals surface area contributed by atoms with Gasteiger partial charge in [-0.2, -0.15) is 0 Å². The molecular formula is C13H17N3O. The van der Waals surface area contributed by atoms with Crippen LogP contribution in [0.1, 0.15) is 19.7 Å². The highest BCUT2D eigenvalue weighted by atomic mass is 16.5. The molecule has 90 valence electrons. The third kappa shape index (κ3) is 3.31. The first kappa shape index (κ1) is 11.6. The number of hydrogen-bond acceptors (Lipinski definition) is 3. The highest BCUT2D eigenvalue weighted by molar-refractivity contribution is 5.20. The first-order valence-corrected chi connectivity index (χ1v) is 5.80. The molecule has 0 fully saturated rings. The van der Waals surface area contributed by atoms with Crippen LogP contribution < -0.4 is 4.74 Å². The normalized spacial score (nSPS) is 10.8. The summed E-state index contributed by atoms with van der Waals surface area (Å²) in [6, 6.07) is 9.74. The Labute approximate surface area is 101 Å². The summed E-state index contributed by atoms with van der Waals surface area (Å²) in [5, 5.41) is 7.99. The molecule has 0 saturated heterocycles. The van der Waals surface area contributed by atoms with Gasteiger partial charge in [-0.15, -0.1) is 10.2 Å². The van der Waals surface area contributed by atoms with E-state index in [9.17, 15) is 0 Å². The molecule has 0 aliphatic carbocycles. The van der Waals surface area contributed by atoms with Gasteiger partial charge in [-0.1, -0.05) is 32.0 Å². The van der Waals surface area contributed by atoms with Gasteiger partial charge in [0.1, 0.15) is 18.7 Å². The molecule has 0 aliphatic rings. The summed E-state index contributed by atoms with van der Waals surface area (Å²) >= 11 is 0. The lowest BCUT2D eigenvalue weighted by Crippen LogP contribution is -2.10. The maximum absolute atomic E-state index is 5.65. The molecule has 0 spiro atoms. The molecule has 1 heterocycles. The topological polar surface area (TPSA) is 39.9 Å². The van der Waals surface area contributed by atoms with Crippen molar-refractivity contribution in [3.05, 3.63) is 42.5 Å². The van der Waals surface area contributed by atoms with Crippen LogP contribution in [0.25, 0.3) is 0 Å². The van der Waals surface area contributed by atoms with Gasteiger partial charge in [0.25, 0.3) is 0 Å². The van der Waals surface area contributed by atoms with E-state index in [2.05, 4.69) is 24.0 Å². The zero-order valence-electron chi connectivity index (χ0n) is 10.2. The molecule has 2 aromatic rings. The predicted octanol–water partition coefficient (Wildman–Crippen LogP) is 2.51. The summed E-state index contributed by atoms with van der Waals surface area (Å²) < 4.78 is 7.68. The lowest BCUT2D eigenvalue weighted by Gasteiger charge is -2.09. The third-order valence-electron chi connectivity index (χ3n) is 2.37. The Morgan fingerprint density at radius 3 is 2.71 bits per heavy atom. The summed E-state index contributed by atoms with van der Waals surface area (Å²) in [4.78, 5) is 0. The van der Waals surface area contributed by atoms with Crippen molar-refractivity contribution in [3.63, 3.8) is 0 Å². The van der Waals surface area contributed by atoms with Crippen molar-refractivity contribution in [2.24, 2.45) is 5.92 Å². The van der Waals surface area contributed by atoms with Crippen molar-refractivity contribution in [3.8, 4) is 5.75 Å². The first-order valence-electron chi connectivity index (χ1n) is 5.80. The van der Waals surface area contributed by atoms with E-state index in [1.165, 1.54) is 0 Å². The van der Waals surface area contributed by atoms with E-state index in [4.69, 9.17) is 4.74 Å². The van der Waals surface area contributed by atoms with E-state index in [-0.39, 0.29) is 0 Å². The van der Waals surface area contributed by atoms with Gasteiger partial charge >= 0.3 is 0 Å². The smallest absolute Gasteiger partial charge is 0.170 e. The molecular weight excluding hydrogens is 214 g/mol. The minimum atomic E-state index is 0.455. The number of ether oxygens (including phenoxy) is 1. The summed E-state index contributed by atoms with van der Waals surface area (Å²) in [6.45, 7) is 5.71. The molecule has 17 heavy (non-hydrogen) atoms. The summed E-state index contributed by atoms with van der Waals surface area (Å²) in [7, 11) is 0. The average Bonchev–Trinajstić information content (AvgIpc) is 2.74. The molecule has 0 unspecified atom stereocenters. The summed E-state index contributed by atoms with van der Waals surface area (Å²) in [5.74, 6) is 2.29. The monoisotopic (exact) mass is 231 g/mol. The highest BCUT2D eigenvalue weighted by Gasteiger charge is 2.06. The van der Waals surface area contributed by atoms with Crippen LogP contribution in [-0.2, 0) is 13.2 Å². The first-order chi connectivity index (χ1) is 8.25. The number of benzene rings is 1. The maximum atomic E-state index is 5.65. The number of hydrogen-bond donors (Lipinski definition) is 0. The van der Waals surface area contributed by atoms with Crippen molar-refractivity contribution in [1.29, 1.82) is 0 Å². The fraction of sp³-hybridized carbons (Fsp3) is 0.385. The van der Waals surface area contributed by atoms with E-state index in [1.807, 2.05) is 34.9 Å². The zero-order valence-corrected chi connectivity index (χ0v) is 10.2. The lowest BCUT2D eigenvalue weighted by atomic mass is 10.2. The molecule has 2 rings (SSSR count). The molecule has 4 heteroatoms. The Morgan fingerprint density at radius 2 is 2.00 bits per heavy atom. The van der Waals surface area contributed by atoms with Crippen LogP contribution >= 0.6 is 0 Å². The second kappa shape index (κ2) is 5.48. The van der Waals surface area contributed by atoms with Crippen LogP contribution in [0.15, 0.2) is 36.7 Å². The Bertz CT molecular complexity index is 451. The van der Waals surface area contributed by atoms with Crippen LogP contribution in [0.2, 0.25) is 0 Å². The van der Waals surface area contributed by atoms with Gasteiger partial charge in [0.15, 0.2) is 5.82 Å². The van der Waals surface area contributed by atoms with Gasteiger partial charge in [-0.3, -0.25) is 0 Å². The molecule has 0 aliphatic heterocycles. The summed E-state index contributed by atoms with van der Waals surface area (Å²) in [6.07, 6.45) is 1.75. The lowest BCUT2D eigenvalue weighted by molar-refractivity contribution is 0.286. The van der Waals surface area contributed by atoms with Gasteiger partial charge in [0, 0.05) is 6.54 Å². The number of aromatic nitrogens is 3. The number of nitrogens with zero attached hydrogens (tertiary/aromatic N) is 3. The Hall–Kier alpha value is -1.84. The quantitative estimate of drug-likeness (QED) is 0.793. The van der Waals surface area contributed by atoms with Crippen molar-refractivity contribution >= 4 is 0 Å². The van der Waals surface area contributed by atoms with E-state index in [0.717, 1.165) is 18.1 Å². The zero-order chi connectivity index (χ0) is 12.1. The molecule has 0 saturated carbocycles. The van der Waals surface area contributed by atoms with Gasteiger partial charge in [-0.05, 0) is 18.1 Å². The van der Waals surface area contributed by atoms with Crippen molar-refractivity contribution in [2.75, 3.05) is 0 Å². The van der Waals surface area contributed by atoms with Gasteiger partial charge < -0.3 is 9.30 Å². The van der Waals surface area contributed by atoms with E-state index < -0.39 is 0 Å². The highest BCUT2D eigenvalue weighted by Crippen LogP contribution is 2.11. The van der Waals surface area contributed by atoms with Crippen LogP contribution in [0.3, 0.4) is 0 Å². The largest absolute Gasteiger partial charge is 0.486 e. The predicted molar refractivity (Wildman–Crippen MR) is 65.6 cm³/mol. The Kier molecular flexibility index (Phi) is 3.75. The van der Waals surface area contributed by atoms with Crippen molar-refractivity contribution in [1.82, 2.24) is 14.8 Å². The Morgan fingerprint density at radius 1 is 1.24 bits per heavy atom. The fourth-order valence-corrected chi connectivity index (χ4v) is 1.60. The van der Waals surface area contributed by atoms with Crippen LogP contribution in [-0.4, -0.2) is 14.8 Å². The van der Waals surface area contributed by atoms with Gasteiger partial charge in [-0.25, -0.2) is 0 Å². The van der Waals surface area contributed by atoms with Crippen LogP contribution in [0.5, 0.6) is 5.75 Å². The summed E-state index contributed by atoms with van der Waals surface area (Å²) in [5.41, 5.74) is 0. The Balaban J connectivity index is 1.97. The molecule has 0 bridgehead atoms. The van der Waals surface area contributed by atoms with Gasteiger partial charge in [0.2, 0.25) is 0 Å². The number of para-hydroxylation sites is 1. The number of rotatable bonds is 5. The van der Waals surface area contributed by atoms with Crippen molar-refractivity contribution in [2.45, 2.75) is 27.0 Å². The molecule has 0 atom stereocenters.